The summed E-state index contributed by atoms with van der Waals surface area (Å²) in [7, 11) is 0. The van der Waals surface area contributed by atoms with E-state index in [0.717, 1.165) is 46.7 Å². The summed E-state index contributed by atoms with van der Waals surface area (Å²) in [5, 5.41) is 0. The number of rotatable bonds is 9. The van der Waals surface area contributed by atoms with E-state index in [1.807, 2.05) is 30.3 Å². The summed E-state index contributed by atoms with van der Waals surface area (Å²) in [6.45, 7) is 8.57. The summed E-state index contributed by atoms with van der Waals surface area (Å²) >= 11 is 0. The summed E-state index contributed by atoms with van der Waals surface area (Å²) in [6, 6.07) is 81.0. The minimum absolute atomic E-state index is 0.788. The van der Waals surface area contributed by atoms with Crippen LogP contribution in [0.5, 0.6) is 0 Å². The number of hydrogen-bond acceptors (Lipinski definition) is 2. The van der Waals surface area contributed by atoms with E-state index >= 15 is 0 Å². The Morgan fingerprint density at radius 2 is 0.806 bits per heavy atom. The van der Waals surface area contributed by atoms with Crippen LogP contribution in [0.2, 0.25) is 0 Å². The Morgan fingerprint density at radius 3 is 1.40 bits per heavy atom. The number of anilines is 4. The van der Waals surface area contributed by atoms with Gasteiger partial charge in [0.15, 0.2) is 0 Å². The van der Waals surface area contributed by atoms with Crippen molar-refractivity contribution in [3.63, 3.8) is 0 Å². The standard InChI is InChI=1S/C32H28N2.C21H20.C7H8/c1-24-16-19-28(20-17-24)34(27-12-6-3-7-13-27)29-21-18-26(22-25-10-4-2-5-11-25)31(23-29)30-14-8-9-15-32(30)33;1-16-8-6-7-11-20(16)21-15-19(13-12-17(21)2)14-18-9-4-3-5-10-18;1-7-5-3-2-4-6-7/h2-21,23H,22,33H2,1H3;3-13,15H,14H2,1-2H3;2-6H,1H3. The van der Waals surface area contributed by atoms with Crippen molar-refractivity contribution in [1.29, 1.82) is 0 Å². The van der Waals surface area contributed by atoms with Gasteiger partial charge in [-0.05, 0) is 133 Å². The SMILES string of the molecule is Cc1ccc(N(c2ccccc2)c2ccc(Cc3ccccc3)c(-c3ccccc3N)c2)cc1.Cc1ccccc1.Cc1ccccc1-c1cc(Cc2ccccc2)ccc1C. The summed E-state index contributed by atoms with van der Waals surface area (Å²) < 4.78 is 0. The summed E-state index contributed by atoms with van der Waals surface area (Å²) in [4.78, 5) is 2.30. The highest BCUT2D eigenvalue weighted by molar-refractivity contribution is 5.85. The zero-order chi connectivity index (χ0) is 43.1. The minimum Gasteiger partial charge on any atom is -0.398 e. The molecule has 0 amide bonds. The van der Waals surface area contributed by atoms with Gasteiger partial charge in [-0.3, -0.25) is 0 Å². The van der Waals surface area contributed by atoms with Crippen LogP contribution in [0.25, 0.3) is 22.3 Å². The predicted octanol–water partition coefficient (Wildman–Crippen LogP) is 15.9. The van der Waals surface area contributed by atoms with Crippen LogP contribution in [-0.2, 0) is 12.8 Å². The Bertz CT molecular complexity index is 2760. The lowest BCUT2D eigenvalue weighted by Crippen LogP contribution is -2.10. The second-order valence-electron chi connectivity index (χ2n) is 15.9. The second-order valence-corrected chi connectivity index (χ2v) is 15.9. The van der Waals surface area contributed by atoms with Crippen molar-refractivity contribution in [3.8, 4) is 22.3 Å². The lowest BCUT2D eigenvalue weighted by molar-refractivity contribution is 1.19. The highest BCUT2D eigenvalue weighted by Crippen LogP contribution is 2.39. The van der Waals surface area contributed by atoms with Crippen LogP contribution in [0.4, 0.5) is 22.7 Å². The van der Waals surface area contributed by atoms with E-state index in [4.69, 9.17) is 5.73 Å². The molecule has 62 heavy (non-hydrogen) atoms. The van der Waals surface area contributed by atoms with E-state index in [0.29, 0.717) is 0 Å². The summed E-state index contributed by atoms with van der Waals surface area (Å²) in [5.74, 6) is 0. The average Bonchev–Trinajstić information content (AvgIpc) is 3.30. The largest absolute Gasteiger partial charge is 0.398 e. The fourth-order valence-electron chi connectivity index (χ4n) is 7.69. The monoisotopic (exact) mass is 804 g/mol. The summed E-state index contributed by atoms with van der Waals surface area (Å²) in [6.07, 6.45) is 1.83. The molecule has 2 nitrogen and oxygen atoms in total. The molecule has 0 spiro atoms. The molecule has 2 heteroatoms. The number of nitrogens with zero attached hydrogens (tertiary/aromatic N) is 1. The van der Waals surface area contributed by atoms with Crippen LogP contribution in [0, 0.1) is 27.7 Å². The van der Waals surface area contributed by atoms with Crippen molar-refractivity contribution < 1.29 is 0 Å². The zero-order valence-corrected chi connectivity index (χ0v) is 36.4. The third kappa shape index (κ3) is 11.4. The first kappa shape index (κ1) is 42.7. The lowest BCUT2D eigenvalue weighted by atomic mass is 9.93. The quantitative estimate of drug-likeness (QED) is 0.147. The van der Waals surface area contributed by atoms with E-state index in [2.05, 4.69) is 233 Å². The molecule has 0 radical (unpaired) electrons. The predicted molar refractivity (Wildman–Crippen MR) is 267 cm³/mol. The zero-order valence-electron chi connectivity index (χ0n) is 36.4. The smallest absolute Gasteiger partial charge is 0.0468 e. The average molecular weight is 805 g/mol. The maximum Gasteiger partial charge on any atom is 0.0468 e. The van der Waals surface area contributed by atoms with E-state index in [1.165, 1.54) is 55.6 Å². The van der Waals surface area contributed by atoms with Crippen LogP contribution in [0.15, 0.2) is 231 Å². The Balaban J connectivity index is 0.000000174. The van der Waals surface area contributed by atoms with E-state index < -0.39 is 0 Å². The normalized spacial score (nSPS) is 10.5. The van der Waals surface area contributed by atoms with Gasteiger partial charge < -0.3 is 10.6 Å². The number of hydrogen-bond donors (Lipinski definition) is 1. The van der Waals surface area contributed by atoms with Gasteiger partial charge in [0.05, 0.1) is 0 Å². The molecule has 0 fully saturated rings. The number of aryl methyl sites for hydroxylation is 4. The van der Waals surface area contributed by atoms with Gasteiger partial charge >= 0.3 is 0 Å². The van der Waals surface area contributed by atoms with Gasteiger partial charge in [0.2, 0.25) is 0 Å². The molecule has 2 N–H and O–H groups in total. The topological polar surface area (TPSA) is 29.3 Å². The molecule has 0 atom stereocenters. The molecule has 0 aliphatic rings. The maximum absolute atomic E-state index is 6.47. The van der Waals surface area contributed by atoms with Crippen LogP contribution in [-0.4, -0.2) is 0 Å². The van der Waals surface area contributed by atoms with Gasteiger partial charge in [-0.1, -0.05) is 199 Å². The Hall–Kier alpha value is -7.42. The third-order valence-corrected chi connectivity index (χ3v) is 11.1. The fourth-order valence-corrected chi connectivity index (χ4v) is 7.69. The molecular formula is C60H56N2. The first-order valence-corrected chi connectivity index (χ1v) is 21.5. The highest BCUT2D eigenvalue weighted by atomic mass is 15.1. The van der Waals surface area contributed by atoms with Crippen molar-refractivity contribution in [2.24, 2.45) is 0 Å². The molecule has 0 aliphatic heterocycles. The highest BCUT2D eigenvalue weighted by Gasteiger charge is 2.16. The summed E-state index contributed by atoms with van der Waals surface area (Å²) in [5.41, 5.74) is 26.0. The molecule has 9 aromatic rings. The molecule has 9 aromatic carbocycles. The Labute approximate surface area is 369 Å². The van der Waals surface area contributed by atoms with Crippen molar-refractivity contribution in [3.05, 3.63) is 275 Å². The second kappa shape index (κ2) is 21.2. The fraction of sp³-hybridized carbons (Fsp3) is 0.100. The van der Waals surface area contributed by atoms with Gasteiger partial charge in [-0.2, -0.15) is 0 Å². The van der Waals surface area contributed by atoms with Crippen LogP contribution >= 0.6 is 0 Å². The number of nitrogens with two attached hydrogens (primary N) is 1. The van der Waals surface area contributed by atoms with Crippen LogP contribution < -0.4 is 10.6 Å². The van der Waals surface area contributed by atoms with E-state index in [9.17, 15) is 0 Å². The number of nitrogen functional groups attached to an aromatic ring is 1. The molecule has 0 bridgehead atoms. The van der Waals surface area contributed by atoms with Crippen LogP contribution in [0.1, 0.15) is 44.5 Å². The Morgan fingerprint density at radius 1 is 0.323 bits per heavy atom. The number of para-hydroxylation sites is 2. The molecule has 0 saturated heterocycles. The molecule has 0 saturated carbocycles. The van der Waals surface area contributed by atoms with Gasteiger partial charge in [-0.25, -0.2) is 0 Å². The first-order valence-electron chi connectivity index (χ1n) is 21.5. The van der Waals surface area contributed by atoms with Crippen molar-refractivity contribution in [1.82, 2.24) is 0 Å². The van der Waals surface area contributed by atoms with Gasteiger partial charge in [-0.15, -0.1) is 0 Å². The molecule has 9 rings (SSSR count). The van der Waals surface area contributed by atoms with Crippen molar-refractivity contribution >= 4 is 22.7 Å². The van der Waals surface area contributed by atoms with Gasteiger partial charge in [0.1, 0.15) is 0 Å². The lowest BCUT2D eigenvalue weighted by Gasteiger charge is -2.27. The molecule has 306 valence electrons. The van der Waals surface area contributed by atoms with E-state index in [1.54, 1.807) is 0 Å². The molecule has 0 unspecified atom stereocenters. The van der Waals surface area contributed by atoms with Crippen LogP contribution in [0.3, 0.4) is 0 Å². The first-order chi connectivity index (χ1) is 30.3. The Kier molecular flexibility index (Phi) is 14.6. The van der Waals surface area contributed by atoms with Gasteiger partial charge in [0, 0.05) is 28.3 Å². The molecule has 0 aromatic heterocycles. The van der Waals surface area contributed by atoms with Crippen molar-refractivity contribution in [2.75, 3.05) is 10.6 Å². The molecule has 0 aliphatic carbocycles. The van der Waals surface area contributed by atoms with E-state index in [-0.39, 0.29) is 0 Å². The molecule has 0 heterocycles. The molecular weight excluding hydrogens is 749 g/mol. The third-order valence-electron chi connectivity index (χ3n) is 11.1. The van der Waals surface area contributed by atoms with Crippen molar-refractivity contribution in [2.45, 2.75) is 40.5 Å². The minimum atomic E-state index is 0.788. The van der Waals surface area contributed by atoms with Gasteiger partial charge in [0.25, 0.3) is 0 Å². The number of benzene rings is 9. The maximum atomic E-state index is 6.47.